The molecule has 3 amide bonds. The van der Waals surface area contributed by atoms with Gasteiger partial charge in [0.05, 0.1) is 4.90 Å². The number of carbonyl (C=O) groups is 2. The van der Waals surface area contributed by atoms with Crippen molar-refractivity contribution in [1.29, 1.82) is 0 Å². The molecule has 0 spiro atoms. The van der Waals surface area contributed by atoms with Crippen LogP contribution in [-0.2, 0) is 14.8 Å². The Hall–Kier alpha value is -2.09. The molecular formula is C15H19N3O4S. The van der Waals surface area contributed by atoms with Gasteiger partial charge in [0.1, 0.15) is 5.66 Å². The minimum Gasteiger partial charge on any atom is -0.320 e. The Morgan fingerprint density at radius 2 is 1.91 bits per heavy atom. The van der Waals surface area contributed by atoms with Crippen LogP contribution in [0.2, 0.25) is 0 Å². The number of sulfonamides is 1. The Morgan fingerprint density at radius 1 is 1.22 bits per heavy atom. The van der Waals surface area contributed by atoms with E-state index in [1.165, 1.54) is 17.0 Å². The number of amides is 3. The van der Waals surface area contributed by atoms with Gasteiger partial charge in [-0.15, -0.1) is 0 Å². The van der Waals surface area contributed by atoms with Crippen molar-refractivity contribution >= 4 is 22.0 Å². The number of carbonyl (C=O) groups excluding carboxylic acids is 2. The van der Waals surface area contributed by atoms with Crippen molar-refractivity contribution in [2.75, 3.05) is 13.1 Å². The normalized spacial score (nSPS) is 24.5. The van der Waals surface area contributed by atoms with Gasteiger partial charge in [0.25, 0.3) is 10.0 Å². The molecule has 8 heteroatoms. The van der Waals surface area contributed by atoms with Crippen LogP contribution in [0, 0.1) is 0 Å². The summed E-state index contributed by atoms with van der Waals surface area (Å²) in [6.07, 6.45) is 1.54. The minimum atomic E-state index is -3.92. The molecule has 2 saturated heterocycles. The molecule has 0 radical (unpaired) electrons. The highest BCUT2D eigenvalue weighted by Crippen LogP contribution is 2.36. The van der Waals surface area contributed by atoms with Crippen LogP contribution in [0.5, 0.6) is 0 Å². The molecule has 2 aliphatic heterocycles. The maximum atomic E-state index is 12.5. The molecule has 3 rings (SSSR count). The molecule has 2 aliphatic rings. The zero-order chi connectivity index (χ0) is 16.7. The van der Waals surface area contributed by atoms with Gasteiger partial charge in [-0.3, -0.25) is 4.79 Å². The van der Waals surface area contributed by atoms with Crippen molar-refractivity contribution in [2.45, 2.75) is 36.7 Å². The number of benzene rings is 1. The fourth-order valence-electron chi connectivity index (χ4n) is 3.31. The number of hydrogen-bond acceptors (Lipinski definition) is 4. The molecule has 124 valence electrons. The van der Waals surface area contributed by atoms with E-state index in [1.807, 2.05) is 6.92 Å². The lowest BCUT2D eigenvalue weighted by atomic mass is 10.0. The number of nitrogens with one attached hydrogen (secondary N) is 1. The van der Waals surface area contributed by atoms with E-state index in [1.54, 1.807) is 23.1 Å². The molecule has 2 heterocycles. The lowest BCUT2D eigenvalue weighted by molar-refractivity contribution is -0.137. The second-order valence-corrected chi connectivity index (χ2v) is 7.67. The highest BCUT2D eigenvalue weighted by Gasteiger charge is 2.50. The van der Waals surface area contributed by atoms with E-state index in [9.17, 15) is 18.0 Å². The van der Waals surface area contributed by atoms with Crippen LogP contribution in [0.3, 0.4) is 0 Å². The fraction of sp³-hybridized carbons (Fsp3) is 0.467. The first kappa shape index (κ1) is 15.8. The van der Waals surface area contributed by atoms with E-state index in [0.717, 1.165) is 0 Å². The maximum Gasteiger partial charge on any atom is 0.333 e. The maximum absolute atomic E-state index is 12.5. The van der Waals surface area contributed by atoms with Crippen LogP contribution in [0.1, 0.15) is 26.2 Å². The van der Waals surface area contributed by atoms with E-state index in [0.29, 0.717) is 32.4 Å². The Bertz CT molecular complexity index is 734. The van der Waals surface area contributed by atoms with Gasteiger partial charge in [-0.1, -0.05) is 18.2 Å². The largest absolute Gasteiger partial charge is 0.333 e. The van der Waals surface area contributed by atoms with Crippen molar-refractivity contribution in [2.24, 2.45) is 0 Å². The standard InChI is InChI=1S/C15H19N3O4S/c1-15-9-8-13(19)17(15)10-5-11-18(15)14(20)16-23(21,22)12-6-3-2-4-7-12/h2-4,6-7H,5,8-11H2,1H3,(H,16,20). The lowest BCUT2D eigenvalue weighted by Crippen LogP contribution is -2.64. The molecule has 2 fully saturated rings. The van der Waals surface area contributed by atoms with E-state index in [2.05, 4.69) is 4.72 Å². The first-order valence-electron chi connectivity index (χ1n) is 7.54. The van der Waals surface area contributed by atoms with Gasteiger partial charge < -0.3 is 9.80 Å². The van der Waals surface area contributed by atoms with Gasteiger partial charge in [0.15, 0.2) is 0 Å². The topological polar surface area (TPSA) is 86.8 Å². The van der Waals surface area contributed by atoms with Gasteiger partial charge >= 0.3 is 6.03 Å². The molecular weight excluding hydrogens is 318 g/mol. The predicted octanol–water partition coefficient (Wildman–Crippen LogP) is 1.13. The average molecular weight is 337 g/mol. The van der Waals surface area contributed by atoms with Crippen molar-refractivity contribution in [3.8, 4) is 0 Å². The number of urea groups is 1. The molecule has 1 atom stereocenters. The van der Waals surface area contributed by atoms with Gasteiger partial charge in [-0.05, 0) is 31.9 Å². The Morgan fingerprint density at radius 3 is 2.61 bits per heavy atom. The Balaban J connectivity index is 1.82. The molecule has 1 unspecified atom stereocenters. The summed E-state index contributed by atoms with van der Waals surface area (Å²) in [5.41, 5.74) is -0.744. The highest BCUT2D eigenvalue weighted by molar-refractivity contribution is 7.90. The monoisotopic (exact) mass is 337 g/mol. The summed E-state index contributed by atoms with van der Waals surface area (Å²) in [5.74, 6) is 0.0101. The Labute approximate surface area is 135 Å². The summed E-state index contributed by atoms with van der Waals surface area (Å²) in [6.45, 7) is 2.84. The molecule has 1 aromatic carbocycles. The van der Waals surface area contributed by atoms with Crippen LogP contribution < -0.4 is 4.72 Å². The van der Waals surface area contributed by atoms with Gasteiger partial charge in [-0.25, -0.2) is 17.9 Å². The van der Waals surface area contributed by atoms with Gasteiger partial charge in [0.2, 0.25) is 5.91 Å². The molecule has 0 bridgehead atoms. The van der Waals surface area contributed by atoms with Crippen molar-refractivity contribution in [1.82, 2.24) is 14.5 Å². The average Bonchev–Trinajstić information content (AvgIpc) is 2.83. The van der Waals surface area contributed by atoms with E-state index in [4.69, 9.17) is 0 Å². The number of nitrogens with zero attached hydrogens (tertiary/aromatic N) is 2. The number of fused-ring (bicyclic) bond motifs is 1. The van der Waals surface area contributed by atoms with Crippen molar-refractivity contribution in [3.05, 3.63) is 30.3 Å². The third-order valence-corrected chi connectivity index (χ3v) is 5.90. The summed E-state index contributed by atoms with van der Waals surface area (Å²) < 4.78 is 26.7. The Kier molecular flexibility index (Phi) is 3.79. The quantitative estimate of drug-likeness (QED) is 0.876. The summed E-state index contributed by atoms with van der Waals surface area (Å²) in [5, 5.41) is 0. The van der Waals surface area contributed by atoms with Crippen LogP contribution in [0.15, 0.2) is 35.2 Å². The van der Waals surface area contributed by atoms with E-state index >= 15 is 0 Å². The summed E-state index contributed by atoms with van der Waals surface area (Å²) in [4.78, 5) is 27.6. The third kappa shape index (κ3) is 2.67. The molecule has 1 N–H and O–H groups in total. The first-order valence-corrected chi connectivity index (χ1v) is 9.03. The number of hydrogen-bond donors (Lipinski definition) is 1. The molecule has 7 nitrogen and oxygen atoms in total. The molecule has 1 aromatic rings. The van der Waals surface area contributed by atoms with Gasteiger partial charge in [0, 0.05) is 19.5 Å². The smallest absolute Gasteiger partial charge is 0.320 e. The third-order valence-electron chi connectivity index (χ3n) is 4.56. The molecule has 0 saturated carbocycles. The first-order chi connectivity index (χ1) is 10.8. The molecule has 23 heavy (non-hydrogen) atoms. The van der Waals surface area contributed by atoms with Crippen LogP contribution >= 0.6 is 0 Å². The van der Waals surface area contributed by atoms with Crippen LogP contribution in [-0.4, -0.2) is 48.9 Å². The van der Waals surface area contributed by atoms with E-state index in [-0.39, 0.29) is 10.8 Å². The van der Waals surface area contributed by atoms with Crippen LogP contribution in [0.25, 0.3) is 0 Å². The van der Waals surface area contributed by atoms with Crippen LogP contribution in [0.4, 0.5) is 4.79 Å². The lowest BCUT2D eigenvalue weighted by Gasteiger charge is -2.48. The summed E-state index contributed by atoms with van der Waals surface area (Å²) >= 11 is 0. The SMILES string of the molecule is CC12CCC(=O)N1CCCN2C(=O)NS(=O)(=O)c1ccccc1. The molecule has 0 aromatic heterocycles. The zero-order valence-electron chi connectivity index (χ0n) is 12.9. The summed E-state index contributed by atoms with van der Waals surface area (Å²) in [6, 6.07) is 7.07. The van der Waals surface area contributed by atoms with Crippen molar-refractivity contribution < 1.29 is 18.0 Å². The van der Waals surface area contributed by atoms with Crippen molar-refractivity contribution in [3.63, 3.8) is 0 Å². The fourth-order valence-corrected chi connectivity index (χ4v) is 4.28. The minimum absolute atomic E-state index is 0.0101. The zero-order valence-corrected chi connectivity index (χ0v) is 13.7. The summed E-state index contributed by atoms with van der Waals surface area (Å²) in [7, 11) is -3.92. The molecule has 0 aliphatic carbocycles. The van der Waals surface area contributed by atoms with Gasteiger partial charge in [-0.2, -0.15) is 0 Å². The predicted molar refractivity (Wildman–Crippen MR) is 82.8 cm³/mol. The second kappa shape index (κ2) is 5.52. The second-order valence-electron chi connectivity index (χ2n) is 5.99. The number of rotatable bonds is 2. The van der Waals surface area contributed by atoms with E-state index < -0.39 is 21.7 Å². The highest BCUT2D eigenvalue weighted by atomic mass is 32.2.